The van der Waals surface area contributed by atoms with Crippen molar-refractivity contribution in [3.05, 3.63) is 29.8 Å². The maximum atomic E-state index is 12.5. The standard InChI is InChI=1S/C15H21NO3/c1-3-16-9-10-19-14(11-16)15(17)12-7-5-6-8-13(12)18-4-2/h5-8,14H,3-4,9-11H2,1-2H3. The van der Waals surface area contributed by atoms with Gasteiger partial charge in [-0.25, -0.2) is 0 Å². The van der Waals surface area contributed by atoms with Crippen LogP contribution in [0.25, 0.3) is 0 Å². The summed E-state index contributed by atoms with van der Waals surface area (Å²) in [7, 11) is 0. The molecular formula is C15H21NO3. The lowest BCUT2D eigenvalue weighted by molar-refractivity contribution is -0.0150. The SMILES string of the molecule is CCOc1ccccc1C(=O)C1CN(CC)CCO1. The van der Waals surface area contributed by atoms with Crippen LogP contribution in [-0.4, -0.2) is 49.6 Å². The molecule has 0 spiro atoms. The van der Waals surface area contributed by atoms with Crippen molar-refractivity contribution in [1.29, 1.82) is 0 Å². The number of ketones is 1. The fourth-order valence-electron chi connectivity index (χ4n) is 2.27. The number of benzene rings is 1. The summed E-state index contributed by atoms with van der Waals surface area (Å²) in [5.41, 5.74) is 0.618. The van der Waals surface area contributed by atoms with Crippen molar-refractivity contribution in [3.63, 3.8) is 0 Å². The minimum atomic E-state index is -0.379. The van der Waals surface area contributed by atoms with E-state index >= 15 is 0 Å². The highest BCUT2D eigenvalue weighted by Crippen LogP contribution is 2.21. The van der Waals surface area contributed by atoms with E-state index in [0.29, 0.717) is 31.1 Å². The third kappa shape index (κ3) is 3.33. The van der Waals surface area contributed by atoms with Gasteiger partial charge in [-0.15, -0.1) is 0 Å². The van der Waals surface area contributed by atoms with Crippen molar-refractivity contribution in [3.8, 4) is 5.75 Å². The molecule has 1 atom stereocenters. The topological polar surface area (TPSA) is 38.8 Å². The van der Waals surface area contributed by atoms with E-state index in [1.807, 2.05) is 31.2 Å². The Hall–Kier alpha value is -1.39. The quantitative estimate of drug-likeness (QED) is 0.762. The van der Waals surface area contributed by atoms with Crippen LogP contribution < -0.4 is 4.74 Å². The summed E-state index contributed by atoms with van der Waals surface area (Å²) in [5.74, 6) is 0.662. The van der Waals surface area contributed by atoms with Gasteiger partial charge in [0.15, 0.2) is 5.78 Å². The minimum Gasteiger partial charge on any atom is -0.493 e. The number of hydrogen-bond acceptors (Lipinski definition) is 4. The van der Waals surface area contributed by atoms with Crippen molar-refractivity contribution < 1.29 is 14.3 Å². The van der Waals surface area contributed by atoms with E-state index in [0.717, 1.165) is 13.1 Å². The van der Waals surface area contributed by atoms with Gasteiger partial charge in [-0.3, -0.25) is 9.69 Å². The van der Waals surface area contributed by atoms with E-state index in [1.54, 1.807) is 0 Å². The number of carbonyl (C=O) groups excluding carboxylic acids is 1. The summed E-state index contributed by atoms with van der Waals surface area (Å²) in [6, 6.07) is 7.37. The summed E-state index contributed by atoms with van der Waals surface area (Å²) >= 11 is 0. The van der Waals surface area contributed by atoms with Gasteiger partial charge < -0.3 is 9.47 Å². The molecule has 0 bridgehead atoms. The number of nitrogens with zero attached hydrogens (tertiary/aromatic N) is 1. The van der Waals surface area contributed by atoms with E-state index in [9.17, 15) is 4.79 Å². The molecule has 1 aromatic rings. The Morgan fingerprint density at radius 1 is 1.42 bits per heavy atom. The molecule has 0 aliphatic carbocycles. The largest absolute Gasteiger partial charge is 0.493 e. The molecule has 0 saturated carbocycles. The van der Waals surface area contributed by atoms with Crippen molar-refractivity contribution in [2.75, 3.05) is 32.8 Å². The van der Waals surface area contributed by atoms with Crippen LogP contribution in [-0.2, 0) is 4.74 Å². The van der Waals surface area contributed by atoms with Crippen molar-refractivity contribution in [2.45, 2.75) is 20.0 Å². The molecule has 0 amide bonds. The summed E-state index contributed by atoms with van der Waals surface area (Å²) in [6.07, 6.45) is -0.379. The van der Waals surface area contributed by atoms with E-state index in [-0.39, 0.29) is 11.9 Å². The zero-order valence-electron chi connectivity index (χ0n) is 11.6. The van der Waals surface area contributed by atoms with Gasteiger partial charge in [-0.2, -0.15) is 0 Å². The molecule has 1 aromatic carbocycles. The summed E-state index contributed by atoms with van der Waals surface area (Å²) < 4.78 is 11.1. The maximum Gasteiger partial charge on any atom is 0.196 e. The first kappa shape index (κ1) is 14.0. The van der Waals surface area contributed by atoms with E-state index in [2.05, 4.69) is 11.8 Å². The molecule has 1 fully saturated rings. The Kier molecular flexibility index (Phi) is 4.93. The molecular weight excluding hydrogens is 242 g/mol. The fourth-order valence-corrected chi connectivity index (χ4v) is 2.27. The third-order valence-corrected chi connectivity index (χ3v) is 3.34. The molecule has 104 valence electrons. The summed E-state index contributed by atoms with van der Waals surface area (Å²) in [6.45, 7) is 7.68. The highest BCUT2D eigenvalue weighted by Gasteiger charge is 2.28. The monoisotopic (exact) mass is 263 g/mol. The lowest BCUT2D eigenvalue weighted by atomic mass is 10.0. The van der Waals surface area contributed by atoms with E-state index in [1.165, 1.54) is 0 Å². The molecule has 0 aromatic heterocycles. The number of rotatable bonds is 5. The number of ether oxygens (including phenoxy) is 2. The molecule has 1 aliphatic rings. The summed E-state index contributed by atoms with van der Waals surface area (Å²) in [4.78, 5) is 14.8. The van der Waals surface area contributed by atoms with Crippen LogP contribution in [0.1, 0.15) is 24.2 Å². The lowest BCUT2D eigenvalue weighted by Crippen LogP contribution is -2.45. The zero-order valence-corrected chi connectivity index (χ0v) is 11.6. The Morgan fingerprint density at radius 2 is 2.21 bits per heavy atom. The van der Waals surface area contributed by atoms with Crippen LogP contribution in [0, 0.1) is 0 Å². The fraction of sp³-hybridized carbons (Fsp3) is 0.533. The first-order chi connectivity index (χ1) is 9.26. The third-order valence-electron chi connectivity index (χ3n) is 3.34. The van der Waals surface area contributed by atoms with E-state index < -0.39 is 0 Å². The molecule has 1 heterocycles. The molecule has 1 unspecified atom stereocenters. The number of para-hydroxylation sites is 1. The van der Waals surface area contributed by atoms with Gasteiger partial charge in [0.2, 0.25) is 0 Å². The van der Waals surface area contributed by atoms with Gasteiger partial charge in [0, 0.05) is 13.1 Å². The second-order valence-electron chi connectivity index (χ2n) is 4.55. The molecule has 2 rings (SSSR count). The van der Waals surface area contributed by atoms with Crippen LogP contribution in [0.4, 0.5) is 0 Å². The summed E-state index contributed by atoms with van der Waals surface area (Å²) in [5, 5.41) is 0. The first-order valence-corrected chi connectivity index (χ1v) is 6.86. The highest BCUT2D eigenvalue weighted by molar-refractivity contribution is 6.02. The maximum absolute atomic E-state index is 12.5. The smallest absolute Gasteiger partial charge is 0.196 e. The number of carbonyl (C=O) groups is 1. The first-order valence-electron chi connectivity index (χ1n) is 6.86. The van der Waals surface area contributed by atoms with Crippen LogP contribution in [0.5, 0.6) is 5.75 Å². The Balaban J connectivity index is 2.14. The number of morpholine rings is 1. The van der Waals surface area contributed by atoms with Crippen molar-refractivity contribution in [1.82, 2.24) is 4.90 Å². The van der Waals surface area contributed by atoms with Crippen LogP contribution in [0.15, 0.2) is 24.3 Å². The minimum absolute atomic E-state index is 0.0159. The molecule has 1 saturated heterocycles. The number of likely N-dealkylation sites (N-methyl/N-ethyl adjacent to an activating group) is 1. The Labute approximate surface area is 114 Å². The molecule has 19 heavy (non-hydrogen) atoms. The number of hydrogen-bond donors (Lipinski definition) is 0. The van der Waals surface area contributed by atoms with Gasteiger partial charge in [0.1, 0.15) is 11.9 Å². The van der Waals surface area contributed by atoms with Crippen LogP contribution in [0.3, 0.4) is 0 Å². The average Bonchev–Trinajstić information content (AvgIpc) is 2.47. The van der Waals surface area contributed by atoms with E-state index in [4.69, 9.17) is 9.47 Å². The van der Waals surface area contributed by atoms with Gasteiger partial charge in [-0.05, 0) is 25.6 Å². The Bertz CT molecular complexity index is 433. The predicted octanol–water partition coefficient (Wildman–Crippen LogP) is 1.99. The molecule has 4 heteroatoms. The van der Waals surface area contributed by atoms with Crippen LogP contribution >= 0.6 is 0 Å². The average molecular weight is 263 g/mol. The Morgan fingerprint density at radius 3 is 2.95 bits per heavy atom. The normalized spacial score (nSPS) is 20.2. The molecule has 0 N–H and O–H groups in total. The molecule has 4 nitrogen and oxygen atoms in total. The van der Waals surface area contributed by atoms with Crippen LogP contribution in [0.2, 0.25) is 0 Å². The van der Waals surface area contributed by atoms with Crippen molar-refractivity contribution in [2.24, 2.45) is 0 Å². The van der Waals surface area contributed by atoms with Gasteiger partial charge >= 0.3 is 0 Å². The highest BCUT2D eigenvalue weighted by atomic mass is 16.5. The molecule has 1 aliphatic heterocycles. The second-order valence-corrected chi connectivity index (χ2v) is 4.55. The number of Topliss-reactive ketones (excluding diaryl/α,β-unsaturated/α-hetero) is 1. The lowest BCUT2D eigenvalue weighted by Gasteiger charge is -2.31. The second kappa shape index (κ2) is 6.68. The molecule has 0 radical (unpaired) electrons. The predicted molar refractivity (Wildman–Crippen MR) is 73.8 cm³/mol. The van der Waals surface area contributed by atoms with Gasteiger partial charge in [0.05, 0.1) is 18.8 Å². The van der Waals surface area contributed by atoms with Crippen molar-refractivity contribution >= 4 is 5.78 Å². The van der Waals surface area contributed by atoms with Gasteiger partial charge in [0.25, 0.3) is 0 Å². The van der Waals surface area contributed by atoms with Gasteiger partial charge in [-0.1, -0.05) is 19.1 Å². The zero-order chi connectivity index (χ0) is 13.7.